The van der Waals surface area contributed by atoms with E-state index in [2.05, 4.69) is 15.9 Å². The maximum atomic E-state index is 13.6. The Labute approximate surface area is 110 Å². The van der Waals surface area contributed by atoms with Crippen molar-refractivity contribution in [3.63, 3.8) is 0 Å². The van der Waals surface area contributed by atoms with Gasteiger partial charge in [-0.1, -0.05) is 35.8 Å². The van der Waals surface area contributed by atoms with Crippen molar-refractivity contribution >= 4 is 28.3 Å². The molecule has 0 aliphatic carbocycles. The van der Waals surface area contributed by atoms with Crippen LogP contribution in [0.3, 0.4) is 0 Å². The lowest BCUT2D eigenvalue weighted by Gasteiger charge is -2.30. The van der Waals surface area contributed by atoms with Gasteiger partial charge in [0.1, 0.15) is 5.82 Å². The van der Waals surface area contributed by atoms with Crippen LogP contribution in [0.2, 0.25) is 0 Å². The fraction of sp³-hybridized carbons (Fsp3) is 0.455. The molecule has 0 amide bonds. The molecule has 0 aliphatic rings. The van der Waals surface area contributed by atoms with Gasteiger partial charge in [-0.05, 0) is 12.1 Å². The number of benzene rings is 1. The van der Waals surface area contributed by atoms with Gasteiger partial charge >= 0.3 is 0 Å². The summed E-state index contributed by atoms with van der Waals surface area (Å²) in [7, 11) is 0. The van der Waals surface area contributed by atoms with Crippen LogP contribution in [-0.4, -0.2) is 11.7 Å². The number of nitrogens with two attached hydrogens (primary N) is 1. The minimum absolute atomic E-state index is 0. The van der Waals surface area contributed by atoms with Crippen molar-refractivity contribution in [1.82, 2.24) is 0 Å². The lowest BCUT2D eigenvalue weighted by Crippen LogP contribution is -2.33. The number of aliphatic hydroxyl groups is 1. The second kappa shape index (κ2) is 5.96. The van der Waals surface area contributed by atoms with E-state index in [9.17, 15) is 9.50 Å². The summed E-state index contributed by atoms with van der Waals surface area (Å²) in [4.78, 5) is 0. The van der Waals surface area contributed by atoms with E-state index in [1.54, 1.807) is 26.0 Å². The van der Waals surface area contributed by atoms with Gasteiger partial charge < -0.3 is 10.8 Å². The van der Waals surface area contributed by atoms with Gasteiger partial charge in [0, 0.05) is 28.1 Å². The smallest absolute Gasteiger partial charge is 0.129 e. The Morgan fingerprint density at radius 2 is 2.06 bits per heavy atom. The molecule has 0 heterocycles. The summed E-state index contributed by atoms with van der Waals surface area (Å²) in [5.74, 6) is -0.349. The van der Waals surface area contributed by atoms with Crippen LogP contribution in [0.5, 0.6) is 0 Å². The summed E-state index contributed by atoms with van der Waals surface area (Å²) in [6, 6.07) is 4.18. The van der Waals surface area contributed by atoms with E-state index < -0.39 is 11.5 Å². The quantitative estimate of drug-likeness (QED) is 0.901. The molecule has 0 fully saturated rings. The number of rotatable bonds is 3. The molecule has 1 aromatic carbocycles. The Hall–Kier alpha value is -0.160. The minimum atomic E-state index is -0.551. The number of halogens is 3. The molecule has 92 valence electrons. The van der Waals surface area contributed by atoms with E-state index in [0.29, 0.717) is 10.0 Å². The third kappa shape index (κ3) is 3.17. The third-order valence-corrected chi connectivity index (χ3v) is 3.25. The van der Waals surface area contributed by atoms with Crippen LogP contribution < -0.4 is 5.73 Å². The average molecular weight is 313 g/mol. The molecule has 0 unspecified atom stereocenters. The molecule has 3 N–H and O–H groups in total. The molecule has 0 saturated carbocycles. The van der Waals surface area contributed by atoms with Crippen LogP contribution in [0, 0.1) is 11.2 Å². The van der Waals surface area contributed by atoms with Crippen LogP contribution in [0.1, 0.15) is 25.5 Å². The maximum absolute atomic E-state index is 13.6. The summed E-state index contributed by atoms with van der Waals surface area (Å²) < 4.78 is 14.2. The topological polar surface area (TPSA) is 46.2 Å². The Morgan fingerprint density at radius 3 is 2.50 bits per heavy atom. The predicted octanol–water partition coefficient (Wildman–Crippen LogP) is 3.03. The Balaban J connectivity index is 0.00000225. The first kappa shape index (κ1) is 15.8. The van der Waals surface area contributed by atoms with Gasteiger partial charge in [0.15, 0.2) is 0 Å². The van der Waals surface area contributed by atoms with Gasteiger partial charge in [0.25, 0.3) is 0 Å². The van der Waals surface area contributed by atoms with E-state index >= 15 is 0 Å². The molecule has 0 saturated heterocycles. The van der Waals surface area contributed by atoms with Crippen molar-refractivity contribution in [3.8, 4) is 0 Å². The molecule has 0 aromatic heterocycles. The molecule has 1 rings (SSSR count). The number of aliphatic hydroxyl groups excluding tert-OH is 1. The molecule has 5 heteroatoms. The highest BCUT2D eigenvalue weighted by Crippen LogP contribution is 2.35. The zero-order valence-corrected chi connectivity index (χ0v) is 11.6. The first-order chi connectivity index (χ1) is 6.90. The third-order valence-electron chi connectivity index (χ3n) is 2.56. The van der Waals surface area contributed by atoms with Gasteiger partial charge in [-0.2, -0.15) is 0 Å². The normalized spacial score (nSPS) is 13.1. The molecule has 1 aromatic rings. The molecular formula is C11H16BrClFNO. The summed E-state index contributed by atoms with van der Waals surface area (Å²) in [5.41, 5.74) is 5.82. The first-order valence-electron chi connectivity index (χ1n) is 4.70. The Morgan fingerprint density at radius 1 is 1.50 bits per heavy atom. The molecule has 0 aliphatic heterocycles. The van der Waals surface area contributed by atoms with E-state index in [-0.39, 0.29) is 24.8 Å². The Bertz CT molecular complexity index is 340. The number of hydrogen-bond acceptors (Lipinski definition) is 2. The average Bonchev–Trinajstić information content (AvgIpc) is 2.17. The minimum Gasteiger partial charge on any atom is -0.396 e. The molecule has 0 bridgehead atoms. The second-order valence-corrected chi connectivity index (χ2v) is 5.11. The van der Waals surface area contributed by atoms with Gasteiger partial charge in [0.05, 0.1) is 0 Å². The van der Waals surface area contributed by atoms with Crippen molar-refractivity contribution in [1.29, 1.82) is 0 Å². The first-order valence-corrected chi connectivity index (χ1v) is 5.50. The molecule has 0 spiro atoms. The van der Waals surface area contributed by atoms with Crippen molar-refractivity contribution in [2.75, 3.05) is 6.61 Å². The molecule has 1 atom stereocenters. The van der Waals surface area contributed by atoms with E-state index in [4.69, 9.17) is 5.73 Å². The van der Waals surface area contributed by atoms with E-state index in [1.807, 2.05) is 0 Å². The van der Waals surface area contributed by atoms with Crippen LogP contribution in [-0.2, 0) is 0 Å². The highest BCUT2D eigenvalue weighted by atomic mass is 79.9. The highest BCUT2D eigenvalue weighted by molar-refractivity contribution is 9.10. The predicted molar refractivity (Wildman–Crippen MR) is 69.1 cm³/mol. The molecule has 0 radical (unpaired) electrons. The second-order valence-electron chi connectivity index (χ2n) is 4.26. The van der Waals surface area contributed by atoms with Crippen LogP contribution in [0.25, 0.3) is 0 Å². The monoisotopic (exact) mass is 311 g/mol. The molecular weight excluding hydrogens is 296 g/mol. The maximum Gasteiger partial charge on any atom is 0.129 e. The zero-order valence-electron chi connectivity index (χ0n) is 9.21. The standard InChI is InChI=1S/C11H15BrFNO.ClH/c1-11(2,6-15)10(14)9-7(12)4-3-5-8(9)13;/h3-5,10,15H,6,14H2,1-2H3;1H/t10-;/m1./s1. The Kier molecular flexibility index (Phi) is 5.90. The van der Waals surface area contributed by atoms with E-state index in [1.165, 1.54) is 6.07 Å². The lowest BCUT2D eigenvalue weighted by molar-refractivity contribution is 0.130. The van der Waals surface area contributed by atoms with Crippen LogP contribution in [0.4, 0.5) is 4.39 Å². The van der Waals surface area contributed by atoms with Crippen molar-refractivity contribution < 1.29 is 9.50 Å². The highest BCUT2D eigenvalue weighted by Gasteiger charge is 2.30. The molecule has 16 heavy (non-hydrogen) atoms. The summed E-state index contributed by atoms with van der Waals surface area (Å²) in [6.07, 6.45) is 0. The van der Waals surface area contributed by atoms with E-state index in [0.717, 1.165) is 0 Å². The fourth-order valence-electron chi connectivity index (χ4n) is 1.30. The largest absolute Gasteiger partial charge is 0.396 e. The van der Waals surface area contributed by atoms with Crippen molar-refractivity contribution in [3.05, 3.63) is 34.1 Å². The summed E-state index contributed by atoms with van der Waals surface area (Å²) in [5, 5.41) is 9.19. The zero-order chi connectivity index (χ0) is 11.6. The van der Waals surface area contributed by atoms with Gasteiger partial charge in [-0.15, -0.1) is 12.4 Å². The van der Waals surface area contributed by atoms with Crippen molar-refractivity contribution in [2.45, 2.75) is 19.9 Å². The fourth-order valence-corrected chi connectivity index (χ4v) is 1.89. The van der Waals surface area contributed by atoms with Gasteiger partial charge in [0.2, 0.25) is 0 Å². The summed E-state index contributed by atoms with van der Waals surface area (Å²) in [6.45, 7) is 3.52. The van der Waals surface area contributed by atoms with Crippen LogP contribution >= 0.6 is 28.3 Å². The van der Waals surface area contributed by atoms with Crippen LogP contribution in [0.15, 0.2) is 22.7 Å². The van der Waals surface area contributed by atoms with Gasteiger partial charge in [-0.3, -0.25) is 0 Å². The number of hydrogen-bond donors (Lipinski definition) is 2. The lowest BCUT2D eigenvalue weighted by atomic mass is 9.81. The van der Waals surface area contributed by atoms with Gasteiger partial charge in [-0.25, -0.2) is 4.39 Å². The SMILES string of the molecule is CC(C)(CO)[C@H](N)c1c(F)cccc1Br.Cl. The molecule has 2 nitrogen and oxygen atoms in total. The summed E-state index contributed by atoms with van der Waals surface area (Å²) >= 11 is 3.27. The van der Waals surface area contributed by atoms with Crippen molar-refractivity contribution in [2.24, 2.45) is 11.1 Å².